The van der Waals surface area contributed by atoms with Crippen LogP contribution in [0.25, 0.3) is 6.08 Å². The number of anilines is 1. The first-order valence-corrected chi connectivity index (χ1v) is 9.46. The van der Waals surface area contributed by atoms with E-state index in [9.17, 15) is 9.59 Å². The Hall–Kier alpha value is -3.08. The number of nitrogens with zero attached hydrogens (tertiary/aromatic N) is 2. The van der Waals surface area contributed by atoms with Gasteiger partial charge >= 0.3 is 5.97 Å². The lowest BCUT2D eigenvalue weighted by atomic mass is 10.1. The largest absolute Gasteiger partial charge is 0.465 e. The van der Waals surface area contributed by atoms with Gasteiger partial charge in [-0.1, -0.05) is 24.3 Å². The minimum atomic E-state index is -0.367. The van der Waals surface area contributed by atoms with Crippen LogP contribution in [-0.4, -0.2) is 50.1 Å². The molecule has 0 spiro atoms. The number of hydrogen-bond donors (Lipinski definition) is 0. The first-order valence-electron chi connectivity index (χ1n) is 9.46. The number of hydrogen-bond acceptors (Lipinski definition) is 4. The summed E-state index contributed by atoms with van der Waals surface area (Å²) in [5, 5.41) is 0. The molecule has 1 saturated heterocycles. The zero-order valence-electron chi connectivity index (χ0n) is 16.6. The second-order valence-corrected chi connectivity index (χ2v) is 6.98. The predicted molar refractivity (Wildman–Crippen MR) is 112 cm³/mol. The van der Waals surface area contributed by atoms with Gasteiger partial charge in [0, 0.05) is 37.9 Å². The molecule has 28 heavy (non-hydrogen) atoms. The quantitative estimate of drug-likeness (QED) is 0.604. The van der Waals surface area contributed by atoms with E-state index in [0.717, 1.165) is 18.7 Å². The van der Waals surface area contributed by atoms with Crippen molar-refractivity contribution in [1.82, 2.24) is 4.90 Å². The second kappa shape index (κ2) is 8.74. The Balaban J connectivity index is 1.57. The Labute approximate surface area is 166 Å². The summed E-state index contributed by atoms with van der Waals surface area (Å²) in [5.74, 6) is -0.356. The number of carbonyl (C=O) groups excluding carboxylic acids is 2. The lowest BCUT2D eigenvalue weighted by Crippen LogP contribution is -2.48. The number of rotatable bonds is 4. The van der Waals surface area contributed by atoms with Crippen LogP contribution in [0.4, 0.5) is 5.69 Å². The molecule has 0 atom stereocenters. The third kappa shape index (κ3) is 4.42. The Bertz CT molecular complexity index is 879. The van der Waals surface area contributed by atoms with Crippen molar-refractivity contribution in [2.45, 2.75) is 13.8 Å². The molecule has 0 aromatic heterocycles. The first kappa shape index (κ1) is 19.7. The van der Waals surface area contributed by atoms with Crippen molar-refractivity contribution in [3.63, 3.8) is 0 Å². The highest BCUT2D eigenvalue weighted by atomic mass is 16.5. The molecule has 1 amide bonds. The second-order valence-electron chi connectivity index (χ2n) is 6.98. The molecule has 5 nitrogen and oxygen atoms in total. The maximum Gasteiger partial charge on any atom is 0.337 e. The van der Waals surface area contributed by atoms with Crippen LogP contribution >= 0.6 is 0 Å². The van der Waals surface area contributed by atoms with Gasteiger partial charge in [-0.25, -0.2) is 4.79 Å². The fraction of sp³-hybridized carbons (Fsp3) is 0.304. The third-order valence-corrected chi connectivity index (χ3v) is 5.26. The standard InChI is InChI=1S/C23H26N2O3/c1-17-5-4-6-21(18(17)2)24-13-15-25(16-14-24)22(26)12-9-19-7-10-20(11-8-19)23(27)28-3/h4-12H,13-16H2,1-3H3/b12-9+. The van der Waals surface area contributed by atoms with Gasteiger partial charge in [0.05, 0.1) is 12.7 Å². The van der Waals surface area contributed by atoms with Crippen LogP contribution in [0, 0.1) is 13.8 Å². The normalized spacial score (nSPS) is 14.4. The van der Waals surface area contributed by atoms with Gasteiger partial charge in [-0.05, 0) is 54.8 Å². The van der Waals surface area contributed by atoms with Crippen LogP contribution < -0.4 is 4.90 Å². The monoisotopic (exact) mass is 378 g/mol. The van der Waals surface area contributed by atoms with Gasteiger partial charge in [0.25, 0.3) is 0 Å². The van der Waals surface area contributed by atoms with E-state index in [1.54, 1.807) is 36.4 Å². The van der Waals surface area contributed by atoms with Gasteiger partial charge in [-0.3, -0.25) is 4.79 Å². The molecule has 0 unspecified atom stereocenters. The Morgan fingerprint density at radius 3 is 2.29 bits per heavy atom. The van der Waals surface area contributed by atoms with Crippen LogP contribution in [0.1, 0.15) is 27.0 Å². The number of benzene rings is 2. The molecule has 2 aromatic carbocycles. The molecule has 5 heteroatoms. The molecule has 0 N–H and O–H groups in total. The first-order chi connectivity index (χ1) is 13.5. The highest BCUT2D eigenvalue weighted by Gasteiger charge is 2.21. The Morgan fingerprint density at radius 1 is 0.964 bits per heavy atom. The van der Waals surface area contributed by atoms with E-state index in [0.29, 0.717) is 18.7 Å². The summed E-state index contributed by atoms with van der Waals surface area (Å²) in [7, 11) is 1.36. The van der Waals surface area contributed by atoms with Crippen molar-refractivity contribution < 1.29 is 14.3 Å². The van der Waals surface area contributed by atoms with Gasteiger partial charge in [0.15, 0.2) is 0 Å². The van der Waals surface area contributed by atoms with E-state index in [1.165, 1.54) is 23.9 Å². The molecule has 1 fully saturated rings. The van der Waals surface area contributed by atoms with Crippen LogP contribution in [0.3, 0.4) is 0 Å². The lowest BCUT2D eigenvalue weighted by Gasteiger charge is -2.36. The fourth-order valence-corrected chi connectivity index (χ4v) is 3.37. The van der Waals surface area contributed by atoms with Crippen molar-refractivity contribution in [3.05, 3.63) is 70.8 Å². The number of piperazine rings is 1. The number of esters is 1. The van der Waals surface area contributed by atoms with Gasteiger partial charge < -0.3 is 14.5 Å². The van der Waals surface area contributed by atoms with Crippen molar-refractivity contribution in [2.24, 2.45) is 0 Å². The summed E-state index contributed by atoms with van der Waals surface area (Å²) >= 11 is 0. The van der Waals surface area contributed by atoms with Gasteiger partial charge in [0.1, 0.15) is 0 Å². The van der Waals surface area contributed by atoms with E-state index in [1.807, 2.05) is 4.90 Å². The van der Waals surface area contributed by atoms with Crippen molar-refractivity contribution >= 4 is 23.6 Å². The van der Waals surface area contributed by atoms with Crippen molar-refractivity contribution in [2.75, 3.05) is 38.2 Å². The Morgan fingerprint density at radius 2 is 1.64 bits per heavy atom. The van der Waals surface area contributed by atoms with E-state index in [2.05, 4.69) is 41.7 Å². The third-order valence-electron chi connectivity index (χ3n) is 5.26. The molecule has 0 saturated carbocycles. The number of methoxy groups -OCH3 is 1. The summed E-state index contributed by atoms with van der Waals surface area (Å²) in [6.07, 6.45) is 3.38. The summed E-state index contributed by atoms with van der Waals surface area (Å²) in [6, 6.07) is 13.4. The van der Waals surface area contributed by atoms with Crippen molar-refractivity contribution in [1.29, 1.82) is 0 Å². The Kier molecular flexibility index (Phi) is 6.14. The van der Waals surface area contributed by atoms with Gasteiger partial charge in [-0.2, -0.15) is 0 Å². The molecule has 3 rings (SSSR count). The lowest BCUT2D eigenvalue weighted by molar-refractivity contribution is -0.126. The van der Waals surface area contributed by atoms with Crippen LogP contribution in [0.15, 0.2) is 48.5 Å². The maximum atomic E-state index is 12.5. The molecule has 1 heterocycles. The average molecular weight is 378 g/mol. The highest BCUT2D eigenvalue weighted by molar-refractivity contribution is 5.92. The van der Waals surface area contributed by atoms with E-state index >= 15 is 0 Å². The van der Waals surface area contributed by atoms with E-state index in [4.69, 9.17) is 0 Å². The zero-order chi connectivity index (χ0) is 20.1. The average Bonchev–Trinajstić information content (AvgIpc) is 2.74. The fourth-order valence-electron chi connectivity index (χ4n) is 3.37. The van der Waals surface area contributed by atoms with E-state index < -0.39 is 0 Å². The molecule has 0 bridgehead atoms. The molecule has 0 radical (unpaired) electrons. The summed E-state index contributed by atoms with van der Waals surface area (Å²) in [4.78, 5) is 28.2. The molecule has 2 aromatic rings. The predicted octanol–water partition coefficient (Wildman–Crippen LogP) is 3.45. The molecule has 146 valence electrons. The topological polar surface area (TPSA) is 49.9 Å². The molecule has 0 aliphatic carbocycles. The summed E-state index contributed by atoms with van der Waals surface area (Å²) in [5.41, 5.74) is 5.21. The van der Waals surface area contributed by atoms with Crippen LogP contribution in [0.2, 0.25) is 0 Å². The minimum Gasteiger partial charge on any atom is -0.465 e. The smallest absolute Gasteiger partial charge is 0.337 e. The summed E-state index contributed by atoms with van der Waals surface area (Å²) < 4.78 is 4.69. The molecular weight excluding hydrogens is 352 g/mol. The van der Waals surface area contributed by atoms with Crippen molar-refractivity contribution in [3.8, 4) is 0 Å². The SMILES string of the molecule is COC(=O)c1ccc(/C=C/C(=O)N2CCN(c3cccc(C)c3C)CC2)cc1. The van der Waals surface area contributed by atoms with Gasteiger partial charge in [-0.15, -0.1) is 0 Å². The molecule has 1 aliphatic rings. The molecule has 1 aliphatic heterocycles. The number of ether oxygens (including phenoxy) is 1. The van der Waals surface area contributed by atoms with E-state index in [-0.39, 0.29) is 11.9 Å². The zero-order valence-corrected chi connectivity index (χ0v) is 16.6. The van der Waals surface area contributed by atoms with Crippen LogP contribution in [-0.2, 0) is 9.53 Å². The minimum absolute atomic E-state index is 0.0117. The number of aryl methyl sites for hydroxylation is 1. The molecular formula is C23H26N2O3. The van der Waals surface area contributed by atoms with Crippen LogP contribution in [0.5, 0.6) is 0 Å². The number of amides is 1. The maximum absolute atomic E-state index is 12.5. The number of carbonyl (C=O) groups is 2. The van der Waals surface area contributed by atoms with Gasteiger partial charge in [0.2, 0.25) is 5.91 Å². The summed E-state index contributed by atoms with van der Waals surface area (Å²) in [6.45, 7) is 7.35. The highest BCUT2D eigenvalue weighted by Crippen LogP contribution is 2.24.